The average molecular weight is 445 g/mol. The number of unbranched alkanes of at least 4 members (excludes halogenated alkanes) is 2. The number of nitrogens with one attached hydrogen (secondary N) is 1. The number of aryl methyl sites for hydroxylation is 1. The van der Waals surface area contributed by atoms with E-state index in [0.717, 1.165) is 60.2 Å². The number of carbonyl (C=O) groups is 1. The summed E-state index contributed by atoms with van der Waals surface area (Å²) < 4.78 is 1.88. The summed E-state index contributed by atoms with van der Waals surface area (Å²) in [5.41, 5.74) is 3.95. The van der Waals surface area contributed by atoms with Crippen molar-refractivity contribution in [1.29, 1.82) is 0 Å². The third-order valence-electron chi connectivity index (χ3n) is 5.53. The van der Waals surface area contributed by atoms with Crippen molar-refractivity contribution >= 4 is 5.78 Å². The second-order valence-corrected chi connectivity index (χ2v) is 8.01. The third-order valence-corrected chi connectivity index (χ3v) is 5.53. The Morgan fingerprint density at radius 1 is 1.03 bits per heavy atom. The van der Waals surface area contributed by atoms with Gasteiger partial charge in [0.15, 0.2) is 5.82 Å². The van der Waals surface area contributed by atoms with Crippen LogP contribution in [0, 0.1) is 0 Å². The number of carbonyl (C=O) groups excluding carboxylic acids is 1. The van der Waals surface area contributed by atoms with E-state index in [1.165, 1.54) is 0 Å². The Morgan fingerprint density at radius 3 is 2.58 bits per heavy atom. The molecular formula is C24H28N8O. The summed E-state index contributed by atoms with van der Waals surface area (Å²) in [6.07, 6.45) is 8.73. The van der Waals surface area contributed by atoms with E-state index in [1.807, 2.05) is 10.7 Å². The van der Waals surface area contributed by atoms with Gasteiger partial charge in [-0.25, -0.2) is 14.8 Å². The van der Waals surface area contributed by atoms with Crippen LogP contribution < -0.4 is 0 Å². The number of hydrogen-bond donors (Lipinski definition) is 1. The van der Waals surface area contributed by atoms with Crippen LogP contribution in [0.1, 0.15) is 68.0 Å². The molecule has 3 heterocycles. The highest BCUT2D eigenvalue weighted by atomic mass is 16.1. The van der Waals surface area contributed by atoms with E-state index in [9.17, 15) is 4.79 Å². The van der Waals surface area contributed by atoms with Gasteiger partial charge in [0.25, 0.3) is 0 Å². The van der Waals surface area contributed by atoms with Gasteiger partial charge >= 0.3 is 0 Å². The molecule has 0 radical (unpaired) electrons. The Balaban J connectivity index is 1.56. The van der Waals surface area contributed by atoms with Crippen LogP contribution in [0.4, 0.5) is 0 Å². The van der Waals surface area contributed by atoms with Gasteiger partial charge < -0.3 is 0 Å². The number of nitrogens with zero attached hydrogens (tertiary/aromatic N) is 7. The molecule has 1 aromatic carbocycles. The largest absolute Gasteiger partial charge is 0.291 e. The summed E-state index contributed by atoms with van der Waals surface area (Å²) >= 11 is 0. The summed E-state index contributed by atoms with van der Waals surface area (Å²) in [6, 6.07) is 10.2. The fraction of sp³-hybridized carbons (Fsp3) is 0.375. The molecule has 3 aromatic heterocycles. The van der Waals surface area contributed by atoms with Gasteiger partial charge in [-0.3, -0.25) is 9.78 Å². The molecule has 9 heteroatoms. The minimum absolute atomic E-state index is 0.0239. The van der Waals surface area contributed by atoms with Gasteiger partial charge in [-0.1, -0.05) is 51.0 Å². The summed E-state index contributed by atoms with van der Waals surface area (Å²) in [5.74, 6) is 1.81. The zero-order chi connectivity index (χ0) is 23.0. The van der Waals surface area contributed by atoms with Crippen LogP contribution in [0.3, 0.4) is 0 Å². The van der Waals surface area contributed by atoms with E-state index in [1.54, 1.807) is 12.4 Å². The fourth-order valence-corrected chi connectivity index (χ4v) is 3.66. The number of hydrogen-bond acceptors (Lipinski definition) is 7. The van der Waals surface area contributed by atoms with E-state index in [0.29, 0.717) is 24.6 Å². The molecular weight excluding hydrogens is 416 g/mol. The fourth-order valence-electron chi connectivity index (χ4n) is 3.66. The monoisotopic (exact) mass is 444 g/mol. The highest BCUT2D eigenvalue weighted by Crippen LogP contribution is 2.29. The van der Waals surface area contributed by atoms with Crippen LogP contribution in [-0.4, -0.2) is 46.2 Å². The summed E-state index contributed by atoms with van der Waals surface area (Å²) in [6.45, 7) is 4.80. The topological polar surface area (TPSA) is 115 Å². The summed E-state index contributed by atoms with van der Waals surface area (Å²) in [4.78, 5) is 21.2. The Kier molecular flexibility index (Phi) is 7.29. The maximum absolute atomic E-state index is 12.5. The zero-order valence-electron chi connectivity index (χ0n) is 19.0. The first-order valence-electron chi connectivity index (χ1n) is 11.4. The molecule has 0 saturated heterocycles. The number of aromatic amines is 1. The van der Waals surface area contributed by atoms with E-state index >= 15 is 0 Å². The van der Waals surface area contributed by atoms with Gasteiger partial charge in [0.05, 0.1) is 6.54 Å². The lowest BCUT2D eigenvalue weighted by Gasteiger charge is -2.09. The van der Waals surface area contributed by atoms with Crippen LogP contribution in [0.5, 0.6) is 0 Å². The minimum atomic E-state index is 0.0239. The highest BCUT2D eigenvalue weighted by Gasteiger charge is 2.16. The lowest BCUT2D eigenvalue weighted by Crippen LogP contribution is -2.08. The molecule has 4 rings (SSSR count). The number of tetrazole rings is 1. The normalized spacial score (nSPS) is 11.1. The predicted octanol–water partition coefficient (Wildman–Crippen LogP) is 4.28. The first-order chi connectivity index (χ1) is 16.2. The lowest BCUT2D eigenvalue weighted by atomic mass is 10.00. The van der Waals surface area contributed by atoms with Crippen LogP contribution in [0.25, 0.3) is 22.5 Å². The molecule has 0 aliphatic rings. The maximum atomic E-state index is 12.5. The number of benzene rings is 1. The molecule has 0 amide bonds. The van der Waals surface area contributed by atoms with Crippen molar-refractivity contribution < 1.29 is 4.79 Å². The number of Topliss-reactive ketones (excluding diaryl/α,β-unsaturated/α-hetero) is 1. The number of pyridine rings is 1. The third kappa shape index (κ3) is 5.36. The van der Waals surface area contributed by atoms with E-state index < -0.39 is 0 Å². The molecule has 0 aliphatic heterocycles. The first-order valence-corrected chi connectivity index (χ1v) is 11.4. The second-order valence-electron chi connectivity index (χ2n) is 8.01. The molecule has 0 fully saturated rings. The summed E-state index contributed by atoms with van der Waals surface area (Å²) in [7, 11) is 0. The van der Waals surface area contributed by atoms with Gasteiger partial charge in [-0.2, -0.15) is 0 Å². The highest BCUT2D eigenvalue weighted by molar-refractivity contribution is 5.92. The van der Waals surface area contributed by atoms with Crippen molar-refractivity contribution in [2.24, 2.45) is 0 Å². The van der Waals surface area contributed by atoms with Gasteiger partial charge in [-0.05, 0) is 46.0 Å². The van der Waals surface area contributed by atoms with Gasteiger partial charge in [0.1, 0.15) is 5.82 Å². The molecule has 0 unspecified atom stereocenters. The molecule has 0 spiro atoms. The van der Waals surface area contributed by atoms with Crippen molar-refractivity contribution in [3.8, 4) is 22.5 Å². The van der Waals surface area contributed by atoms with Crippen molar-refractivity contribution in [2.75, 3.05) is 0 Å². The van der Waals surface area contributed by atoms with Crippen LogP contribution in [0.15, 0.2) is 42.7 Å². The molecule has 170 valence electrons. The molecule has 1 N–H and O–H groups in total. The van der Waals surface area contributed by atoms with Crippen LogP contribution >= 0.6 is 0 Å². The lowest BCUT2D eigenvalue weighted by molar-refractivity contribution is 0.0969. The van der Waals surface area contributed by atoms with Gasteiger partial charge in [-0.15, -0.1) is 10.2 Å². The minimum Gasteiger partial charge on any atom is -0.291 e. The van der Waals surface area contributed by atoms with Gasteiger partial charge in [0.2, 0.25) is 11.6 Å². The van der Waals surface area contributed by atoms with Crippen molar-refractivity contribution in [3.63, 3.8) is 0 Å². The second kappa shape index (κ2) is 10.7. The zero-order valence-corrected chi connectivity index (χ0v) is 19.0. The molecule has 0 bridgehead atoms. The molecule has 0 saturated carbocycles. The molecule has 33 heavy (non-hydrogen) atoms. The molecule has 0 aliphatic carbocycles. The van der Waals surface area contributed by atoms with Crippen molar-refractivity contribution in [1.82, 2.24) is 40.4 Å². The standard InChI is InChI=1S/C24H28N8O/c1-3-5-7-21(33)24-26-22(8-6-4-2)32(29-24)16-17-9-11-18(12-10-17)19-13-14-25-15-20(19)23-27-30-31-28-23/h9-15H,3-8,16H2,1-2H3,(H,27,28,30,31). The van der Waals surface area contributed by atoms with E-state index in [-0.39, 0.29) is 5.78 Å². The smallest absolute Gasteiger partial charge is 0.217 e. The SMILES string of the molecule is CCCCC(=O)c1nc(CCCC)n(Cc2ccc(-c3ccncc3-c3nnn[nH]3)cc2)n1. The Bertz CT molecular complexity index is 1180. The maximum Gasteiger partial charge on any atom is 0.217 e. The predicted molar refractivity (Wildman–Crippen MR) is 124 cm³/mol. The molecule has 9 nitrogen and oxygen atoms in total. The first kappa shape index (κ1) is 22.4. The van der Waals surface area contributed by atoms with Crippen molar-refractivity contribution in [3.05, 3.63) is 59.9 Å². The Labute approximate surface area is 192 Å². The number of rotatable bonds is 11. The average Bonchev–Trinajstić information content (AvgIpc) is 3.52. The van der Waals surface area contributed by atoms with Crippen LogP contribution in [-0.2, 0) is 13.0 Å². The Morgan fingerprint density at radius 2 is 1.85 bits per heavy atom. The van der Waals surface area contributed by atoms with E-state index in [4.69, 9.17) is 0 Å². The van der Waals surface area contributed by atoms with Crippen molar-refractivity contribution in [2.45, 2.75) is 58.9 Å². The number of H-pyrrole nitrogens is 1. The molecule has 4 aromatic rings. The number of aromatic nitrogens is 8. The molecule has 0 atom stereocenters. The van der Waals surface area contributed by atoms with E-state index in [2.05, 4.69) is 73.8 Å². The Hall–Kier alpha value is -3.75. The van der Waals surface area contributed by atoms with Crippen LogP contribution in [0.2, 0.25) is 0 Å². The quantitative estimate of drug-likeness (QED) is 0.343. The number of ketones is 1. The summed E-state index contributed by atoms with van der Waals surface area (Å²) in [5, 5.41) is 18.7. The van der Waals surface area contributed by atoms with Gasteiger partial charge in [0, 0.05) is 30.8 Å².